The van der Waals surface area contributed by atoms with Crippen molar-refractivity contribution in [3.05, 3.63) is 64.7 Å². The fourth-order valence-corrected chi connectivity index (χ4v) is 5.61. The topological polar surface area (TPSA) is 131 Å². The molecule has 0 atom stereocenters. The number of amides is 2. The molecule has 9 nitrogen and oxygen atoms in total. The van der Waals surface area contributed by atoms with Crippen LogP contribution in [0, 0.1) is 0 Å². The van der Waals surface area contributed by atoms with Crippen LogP contribution < -0.4 is 16.4 Å². The van der Waals surface area contributed by atoms with E-state index in [4.69, 9.17) is 22.1 Å². The Hall–Kier alpha value is -2.66. The van der Waals surface area contributed by atoms with Crippen LogP contribution in [-0.2, 0) is 32.4 Å². The van der Waals surface area contributed by atoms with E-state index in [1.54, 1.807) is 36.4 Å². The van der Waals surface area contributed by atoms with E-state index in [9.17, 15) is 18.0 Å². The molecule has 196 valence electrons. The smallest absolute Gasteiger partial charge is 0.411 e. The predicted octanol–water partition coefficient (Wildman–Crippen LogP) is 2.93. The largest absolute Gasteiger partial charge is 0.447 e. The van der Waals surface area contributed by atoms with Gasteiger partial charge in [-0.3, -0.25) is 10.1 Å². The number of hydrogen-bond donors (Lipinski definition) is 3. The summed E-state index contributed by atoms with van der Waals surface area (Å²) in [4.78, 5) is 25.4. The van der Waals surface area contributed by atoms with E-state index in [1.807, 2.05) is 19.1 Å². The number of carbonyl (C=O) groups is 2. The van der Waals surface area contributed by atoms with Gasteiger partial charge in [-0.1, -0.05) is 48.9 Å². The summed E-state index contributed by atoms with van der Waals surface area (Å²) in [6.07, 6.45) is 0.843. The van der Waals surface area contributed by atoms with Crippen LogP contribution >= 0.6 is 11.6 Å². The first-order chi connectivity index (χ1) is 17.2. The molecule has 1 fully saturated rings. The zero-order chi connectivity index (χ0) is 26.2. The molecule has 1 aliphatic heterocycles. The highest BCUT2D eigenvalue weighted by Gasteiger charge is 2.40. The number of benzene rings is 2. The molecular weight excluding hydrogens is 504 g/mol. The Balaban J connectivity index is 1.68. The molecule has 0 spiro atoms. The number of aryl methyl sites for hydroxylation is 1. The normalized spacial score (nSPS) is 15.8. The number of piperidine rings is 1. The molecular formula is C25H33ClN4O5S. The summed E-state index contributed by atoms with van der Waals surface area (Å²) in [5.41, 5.74) is 6.94. The van der Waals surface area contributed by atoms with Crippen LogP contribution in [0.15, 0.2) is 48.5 Å². The van der Waals surface area contributed by atoms with E-state index in [2.05, 4.69) is 10.6 Å². The lowest BCUT2D eigenvalue weighted by Gasteiger charge is -2.41. The fourth-order valence-electron chi connectivity index (χ4n) is 4.11. The van der Waals surface area contributed by atoms with Gasteiger partial charge in [-0.2, -0.15) is 0 Å². The molecule has 1 saturated heterocycles. The second kappa shape index (κ2) is 12.5. The van der Waals surface area contributed by atoms with Gasteiger partial charge in [0.2, 0.25) is 15.9 Å². The van der Waals surface area contributed by atoms with E-state index in [-0.39, 0.29) is 57.2 Å². The van der Waals surface area contributed by atoms with Gasteiger partial charge in [0, 0.05) is 30.3 Å². The van der Waals surface area contributed by atoms with E-state index < -0.39 is 21.7 Å². The van der Waals surface area contributed by atoms with Gasteiger partial charge in [0.05, 0.1) is 17.7 Å². The highest BCUT2D eigenvalue weighted by atomic mass is 35.5. The number of halogens is 1. The predicted molar refractivity (Wildman–Crippen MR) is 140 cm³/mol. The van der Waals surface area contributed by atoms with Gasteiger partial charge in [0.25, 0.3) is 0 Å². The molecule has 2 aromatic carbocycles. The SMILES string of the molecule is CCc1ccc(NC(=O)OCC2(NC(=O)Cc3ccccc3Cl)CCN(S(=O)(=O)CCN)CC2)cc1. The van der Waals surface area contributed by atoms with E-state index in [0.29, 0.717) is 16.3 Å². The average Bonchev–Trinajstić information content (AvgIpc) is 2.85. The highest BCUT2D eigenvalue weighted by Crippen LogP contribution is 2.26. The fraction of sp³-hybridized carbons (Fsp3) is 0.440. The Morgan fingerprint density at radius 3 is 2.39 bits per heavy atom. The molecule has 2 amide bonds. The summed E-state index contributed by atoms with van der Waals surface area (Å²) in [5.74, 6) is -0.435. The van der Waals surface area contributed by atoms with Crippen molar-refractivity contribution >= 4 is 39.3 Å². The molecule has 0 saturated carbocycles. The number of rotatable bonds is 10. The standard InChI is InChI=1S/C25H33ClN4O5S/c1-2-19-7-9-21(10-8-19)28-24(32)35-18-25(11-14-30(15-12-25)36(33,34)16-13-27)29-23(31)17-20-5-3-4-6-22(20)26/h3-10H,2,11-18,27H2,1H3,(H,28,32)(H,29,31). The van der Waals surface area contributed by atoms with Gasteiger partial charge < -0.3 is 15.8 Å². The number of carbonyl (C=O) groups excluding carboxylic acids is 2. The Morgan fingerprint density at radius 2 is 1.78 bits per heavy atom. The first kappa shape index (κ1) is 27.9. The summed E-state index contributed by atoms with van der Waals surface area (Å²) in [5, 5.41) is 6.17. The Labute approximate surface area is 217 Å². The Morgan fingerprint density at radius 1 is 1.11 bits per heavy atom. The summed E-state index contributed by atoms with van der Waals surface area (Å²) >= 11 is 6.20. The third kappa shape index (κ3) is 7.67. The lowest BCUT2D eigenvalue weighted by atomic mass is 9.88. The Bertz CT molecular complexity index is 1150. The van der Waals surface area contributed by atoms with Gasteiger partial charge in [0.15, 0.2) is 0 Å². The molecule has 1 heterocycles. The van der Waals surface area contributed by atoms with Crippen LogP contribution in [0.4, 0.5) is 10.5 Å². The van der Waals surface area contributed by atoms with E-state index in [1.165, 1.54) is 4.31 Å². The molecule has 0 radical (unpaired) electrons. The molecule has 36 heavy (non-hydrogen) atoms. The number of hydrogen-bond acceptors (Lipinski definition) is 6. The minimum Gasteiger partial charge on any atom is -0.447 e. The van der Waals surface area contributed by atoms with Crippen LogP contribution in [-0.4, -0.2) is 62.3 Å². The van der Waals surface area contributed by atoms with Gasteiger partial charge in [-0.25, -0.2) is 17.5 Å². The number of anilines is 1. The van der Waals surface area contributed by atoms with Crippen LogP contribution in [0.2, 0.25) is 5.02 Å². The minimum atomic E-state index is -3.49. The van der Waals surface area contributed by atoms with Gasteiger partial charge >= 0.3 is 6.09 Å². The maximum atomic E-state index is 12.9. The van der Waals surface area contributed by atoms with E-state index in [0.717, 1.165) is 12.0 Å². The Kier molecular flexibility index (Phi) is 9.72. The molecule has 0 aromatic heterocycles. The van der Waals surface area contributed by atoms with Crippen LogP contribution in [0.5, 0.6) is 0 Å². The van der Waals surface area contributed by atoms with Crippen LogP contribution in [0.1, 0.15) is 30.9 Å². The van der Waals surface area contributed by atoms with Crippen molar-refractivity contribution < 1.29 is 22.7 Å². The first-order valence-corrected chi connectivity index (χ1v) is 13.9. The molecule has 1 aliphatic rings. The summed E-state index contributed by atoms with van der Waals surface area (Å²) < 4.78 is 31.8. The van der Waals surface area contributed by atoms with Crippen molar-refractivity contribution in [1.82, 2.24) is 9.62 Å². The van der Waals surface area contributed by atoms with Crippen LogP contribution in [0.3, 0.4) is 0 Å². The average molecular weight is 537 g/mol. The van der Waals surface area contributed by atoms with Crippen molar-refractivity contribution in [2.75, 3.05) is 37.3 Å². The second-order valence-corrected chi connectivity index (χ2v) is 11.3. The zero-order valence-electron chi connectivity index (χ0n) is 20.3. The minimum absolute atomic E-state index is 0.0288. The summed E-state index contributed by atoms with van der Waals surface area (Å²) in [6.45, 7) is 2.32. The molecule has 4 N–H and O–H groups in total. The van der Waals surface area contributed by atoms with Crippen molar-refractivity contribution in [3.8, 4) is 0 Å². The lowest BCUT2D eigenvalue weighted by Crippen LogP contribution is -2.59. The maximum absolute atomic E-state index is 12.9. The number of nitrogens with one attached hydrogen (secondary N) is 2. The van der Waals surface area contributed by atoms with Gasteiger partial charge in [0.1, 0.15) is 6.61 Å². The van der Waals surface area contributed by atoms with Crippen molar-refractivity contribution in [2.24, 2.45) is 5.73 Å². The molecule has 2 aromatic rings. The highest BCUT2D eigenvalue weighted by molar-refractivity contribution is 7.89. The second-order valence-electron chi connectivity index (χ2n) is 8.85. The number of nitrogens with zero attached hydrogens (tertiary/aromatic N) is 1. The molecule has 11 heteroatoms. The first-order valence-electron chi connectivity index (χ1n) is 11.9. The molecule has 0 bridgehead atoms. The number of ether oxygens (including phenoxy) is 1. The summed E-state index contributed by atoms with van der Waals surface area (Å²) in [7, 11) is -3.49. The van der Waals surface area contributed by atoms with E-state index >= 15 is 0 Å². The lowest BCUT2D eigenvalue weighted by molar-refractivity contribution is -0.123. The maximum Gasteiger partial charge on any atom is 0.411 e. The number of sulfonamides is 1. The molecule has 0 unspecified atom stereocenters. The van der Waals surface area contributed by atoms with Crippen LogP contribution in [0.25, 0.3) is 0 Å². The van der Waals surface area contributed by atoms with Crippen molar-refractivity contribution in [1.29, 1.82) is 0 Å². The summed E-state index contributed by atoms with van der Waals surface area (Å²) in [6, 6.07) is 14.5. The monoisotopic (exact) mass is 536 g/mol. The molecule has 0 aliphatic carbocycles. The third-order valence-corrected chi connectivity index (χ3v) is 8.52. The van der Waals surface area contributed by atoms with Crippen molar-refractivity contribution in [2.45, 2.75) is 38.1 Å². The zero-order valence-corrected chi connectivity index (χ0v) is 21.9. The quantitative estimate of drug-likeness (QED) is 0.428. The molecule has 3 rings (SSSR count). The van der Waals surface area contributed by atoms with Crippen molar-refractivity contribution in [3.63, 3.8) is 0 Å². The van der Waals surface area contributed by atoms with Gasteiger partial charge in [-0.05, 0) is 48.6 Å². The number of nitrogens with two attached hydrogens (primary N) is 1. The van der Waals surface area contributed by atoms with Gasteiger partial charge in [-0.15, -0.1) is 0 Å². The third-order valence-electron chi connectivity index (χ3n) is 6.25.